The van der Waals surface area contributed by atoms with E-state index in [0.29, 0.717) is 18.5 Å². The molecular weight excluding hydrogens is 212 g/mol. The van der Waals surface area contributed by atoms with Gasteiger partial charge in [0.1, 0.15) is 0 Å². The zero-order valence-corrected chi connectivity index (χ0v) is 11.1. The van der Waals surface area contributed by atoms with E-state index in [1.54, 1.807) is 0 Å². The second-order valence-electron chi connectivity index (χ2n) is 5.62. The summed E-state index contributed by atoms with van der Waals surface area (Å²) in [6.07, 6.45) is 8.85. The molecule has 1 aliphatic heterocycles. The number of nitrogens with zero attached hydrogens (tertiary/aromatic N) is 1. The van der Waals surface area contributed by atoms with E-state index in [0.717, 1.165) is 19.0 Å². The minimum atomic E-state index is 0.314. The average Bonchev–Trinajstić information content (AvgIpc) is 3.14. The molecule has 1 aliphatic carbocycles. The normalized spacial score (nSPS) is 25.7. The van der Waals surface area contributed by atoms with Crippen LogP contribution in [0.5, 0.6) is 0 Å². The van der Waals surface area contributed by atoms with Crippen molar-refractivity contribution in [2.45, 2.75) is 57.9 Å². The summed E-state index contributed by atoms with van der Waals surface area (Å²) >= 11 is 0. The van der Waals surface area contributed by atoms with Crippen molar-refractivity contribution >= 4 is 5.91 Å². The third kappa shape index (κ3) is 4.30. The Morgan fingerprint density at radius 3 is 2.76 bits per heavy atom. The molecule has 3 heteroatoms. The number of rotatable bonds is 5. The molecule has 2 fully saturated rings. The second kappa shape index (κ2) is 6.39. The van der Waals surface area contributed by atoms with E-state index < -0.39 is 0 Å². The van der Waals surface area contributed by atoms with Crippen molar-refractivity contribution in [2.75, 3.05) is 19.6 Å². The Kier molecular flexibility index (Phi) is 4.84. The molecule has 1 heterocycles. The lowest BCUT2D eigenvalue weighted by Gasteiger charge is -2.21. The zero-order chi connectivity index (χ0) is 12.1. The van der Waals surface area contributed by atoms with Crippen LogP contribution in [0.15, 0.2) is 0 Å². The maximum absolute atomic E-state index is 12.0. The van der Waals surface area contributed by atoms with Crippen LogP contribution in [-0.2, 0) is 4.79 Å². The fraction of sp³-hybridized carbons (Fsp3) is 0.929. The number of nitrogens with one attached hydrogen (secondary N) is 1. The molecule has 0 aromatic carbocycles. The van der Waals surface area contributed by atoms with Gasteiger partial charge in [-0.05, 0) is 38.0 Å². The van der Waals surface area contributed by atoms with Crippen molar-refractivity contribution in [2.24, 2.45) is 5.92 Å². The van der Waals surface area contributed by atoms with Gasteiger partial charge in [0.2, 0.25) is 5.91 Å². The van der Waals surface area contributed by atoms with Crippen LogP contribution in [0, 0.1) is 5.92 Å². The van der Waals surface area contributed by atoms with Gasteiger partial charge < -0.3 is 10.2 Å². The molecule has 0 radical (unpaired) electrons. The van der Waals surface area contributed by atoms with Gasteiger partial charge in [0.25, 0.3) is 0 Å². The number of carbonyl (C=O) groups excluding carboxylic acids is 1. The van der Waals surface area contributed by atoms with Crippen LogP contribution >= 0.6 is 0 Å². The van der Waals surface area contributed by atoms with Gasteiger partial charge >= 0.3 is 0 Å². The van der Waals surface area contributed by atoms with Crippen molar-refractivity contribution in [3.05, 3.63) is 0 Å². The number of amides is 1. The monoisotopic (exact) mass is 238 g/mol. The van der Waals surface area contributed by atoms with Gasteiger partial charge in [-0.25, -0.2) is 0 Å². The Hall–Kier alpha value is -0.570. The molecule has 1 atom stereocenters. The zero-order valence-electron chi connectivity index (χ0n) is 11.1. The molecule has 0 spiro atoms. The summed E-state index contributed by atoms with van der Waals surface area (Å²) < 4.78 is 0. The van der Waals surface area contributed by atoms with E-state index >= 15 is 0 Å². The number of hydrogen-bond donors (Lipinski definition) is 1. The topological polar surface area (TPSA) is 32.3 Å². The first-order valence-corrected chi connectivity index (χ1v) is 7.30. The second-order valence-corrected chi connectivity index (χ2v) is 5.62. The lowest BCUT2D eigenvalue weighted by molar-refractivity contribution is -0.130. The van der Waals surface area contributed by atoms with Crippen molar-refractivity contribution in [1.82, 2.24) is 10.2 Å². The molecule has 98 valence electrons. The quantitative estimate of drug-likeness (QED) is 0.796. The molecule has 1 N–H and O–H groups in total. The van der Waals surface area contributed by atoms with Crippen molar-refractivity contribution in [1.29, 1.82) is 0 Å². The smallest absolute Gasteiger partial charge is 0.236 e. The molecule has 2 aliphatic rings. The Labute approximate surface area is 105 Å². The predicted molar refractivity (Wildman–Crippen MR) is 69.9 cm³/mol. The first-order chi connectivity index (χ1) is 8.29. The molecule has 1 saturated heterocycles. The largest absolute Gasteiger partial charge is 0.342 e. The number of hydrogen-bond acceptors (Lipinski definition) is 2. The average molecular weight is 238 g/mol. The third-order valence-corrected chi connectivity index (χ3v) is 4.02. The molecule has 0 aromatic heterocycles. The van der Waals surface area contributed by atoms with E-state index in [1.165, 1.54) is 44.9 Å². The standard InChI is InChI=1S/C14H26N2O/c1-2-4-12-5-3-9-16(10-8-12)14(17)11-15-13-6-7-13/h12-13,15H,2-11H2,1H3. The van der Waals surface area contributed by atoms with Crippen LogP contribution < -0.4 is 5.32 Å². The van der Waals surface area contributed by atoms with Crippen molar-refractivity contribution < 1.29 is 4.79 Å². The van der Waals surface area contributed by atoms with Crippen LogP contribution in [0.4, 0.5) is 0 Å². The minimum absolute atomic E-state index is 0.314. The lowest BCUT2D eigenvalue weighted by atomic mass is 9.96. The Balaban J connectivity index is 1.70. The van der Waals surface area contributed by atoms with Gasteiger partial charge in [-0.2, -0.15) is 0 Å². The van der Waals surface area contributed by atoms with E-state index in [1.807, 2.05) is 0 Å². The van der Waals surface area contributed by atoms with E-state index in [9.17, 15) is 4.79 Å². The molecule has 1 saturated carbocycles. The SMILES string of the molecule is CCCC1CCCN(C(=O)CNC2CC2)CC1. The Morgan fingerprint density at radius 1 is 1.24 bits per heavy atom. The van der Waals surface area contributed by atoms with Gasteiger partial charge in [-0.3, -0.25) is 4.79 Å². The molecule has 0 aromatic rings. The van der Waals surface area contributed by atoms with Crippen LogP contribution in [0.25, 0.3) is 0 Å². The molecule has 3 nitrogen and oxygen atoms in total. The predicted octanol–water partition coefficient (Wildman–Crippen LogP) is 2.17. The lowest BCUT2D eigenvalue weighted by Crippen LogP contribution is -2.39. The third-order valence-electron chi connectivity index (χ3n) is 4.02. The first kappa shape index (κ1) is 12.9. The molecule has 1 unspecified atom stereocenters. The summed E-state index contributed by atoms with van der Waals surface area (Å²) in [6.45, 7) is 4.78. The van der Waals surface area contributed by atoms with Gasteiger partial charge in [0.05, 0.1) is 6.54 Å². The summed E-state index contributed by atoms with van der Waals surface area (Å²) in [5, 5.41) is 3.32. The number of carbonyl (C=O) groups is 1. The fourth-order valence-corrected chi connectivity index (χ4v) is 2.74. The molecule has 2 rings (SSSR count). The first-order valence-electron chi connectivity index (χ1n) is 7.30. The van der Waals surface area contributed by atoms with E-state index in [2.05, 4.69) is 17.1 Å². The van der Waals surface area contributed by atoms with Crippen LogP contribution in [0.2, 0.25) is 0 Å². The van der Waals surface area contributed by atoms with Crippen molar-refractivity contribution in [3.63, 3.8) is 0 Å². The van der Waals surface area contributed by atoms with Gasteiger partial charge in [0, 0.05) is 19.1 Å². The van der Waals surface area contributed by atoms with Crippen LogP contribution in [-0.4, -0.2) is 36.5 Å². The highest BCUT2D eigenvalue weighted by atomic mass is 16.2. The van der Waals surface area contributed by atoms with E-state index in [4.69, 9.17) is 0 Å². The van der Waals surface area contributed by atoms with Gasteiger partial charge in [-0.1, -0.05) is 19.8 Å². The number of likely N-dealkylation sites (tertiary alicyclic amines) is 1. The van der Waals surface area contributed by atoms with Crippen LogP contribution in [0.1, 0.15) is 51.9 Å². The van der Waals surface area contributed by atoms with Crippen LogP contribution in [0.3, 0.4) is 0 Å². The Morgan fingerprint density at radius 2 is 2.06 bits per heavy atom. The van der Waals surface area contributed by atoms with Crippen molar-refractivity contribution in [3.8, 4) is 0 Å². The molecular formula is C14H26N2O. The fourth-order valence-electron chi connectivity index (χ4n) is 2.74. The highest BCUT2D eigenvalue weighted by molar-refractivity contribution is 5.78. The maximum atomic E-state index is 12.0. The van der Waals surface area contributed by atoms with Gasteiger partial charge in [-0.15, -0.1) is 0 Å². The molecule has 1 amide bonds. The summed E-state index contributed by atoms with van der Waals surface area (Å²) in [6, 6.07) is 0.638. The summed E-state index contributed by atoms with van der Waals surface area (Å²) in [5.41, 5.74) is 0. The highest BCUT2D eigenvalue weighted by Crippen LogP contribution is 2.22. The molecule has 0 bridgehead atoms. The minimum Gasteiger partial charge on any atom is -0.342 e. The summed E-state index contributed by atoms with van der Waals surface area (Å²) in [4.78, 5) is 14.1. The Bertz CT molecular complexity index is 251. The molecule has 17 heavy (non-hydrogen) atoms. The summed E-state index contributed by atoms with van der Waals surface area (Å²) in [7, 11) is 0. The summed E-state index contributed by atoms with van der Waals surface area (Å²) in [5.74, 6) is 1.17. The maximum Gasteiger partial charge on any atom is 0.236 e. The highest BCUT2D eigenvalue weighted by Gasteiger charge is 2.24. The van der Waals surface area contributed by atoms with E-state index in [-0.39, 0.29) is 0 Å². The van der Waals surface area contributed by atoms with Gasteiger partial charge in [0.15, 0.2) is 0 Å².